The van der Waals surface area contributed by atoms with E-state index in [1.54, 1.807) is 11.1 Å². The Morgan fingerprint density at radius 1 is 0.562 bits per heavy atom. The van der Waals surface area contributed by atoms with E-state index in [0.29, 0.717) is 0 Å². The van der Waals surface area contributed by atoms with Crippen molar-refractivity contribution in [1.82, 2.24) is 0 Å². The number of hydrogen-bond acceptors (Lipinski definition) is 3. The van der Waals surface area contributed by atoms with Gasteiger partial charge in [-0.05, 0) is 212 Å². The Balaban J connectivity index is 0.935. The van der Waals surface area contributed by atoms with Crippen molar-refractivity contribution in [3.8, 4) is 0 Å². The third kappa shape index (κ3) is 6.81. The van der Waals surface area contributed by atoms with E-state index in [1.807, 2.05) is 17.4 Å². The quantitative estimate of drug-likeness (QED) is 0.121. The smallest absolute Gasteiger partial charge is 0.0468 e. The first kappa shape index (κ1) is 39.7. The SMILES string of the molecule is C=Cc1ccc(C23CC4CC(C2)CC(c2ccc(N(c5ccc(CCCC)cc5)c5ccc6sc7ccc(N(c8ccc(C)cc8)c8ccc9c(c8)CC9)cc7c6c5)cc2)(C4)C3)cc1. The Morgan fingerprint density at radius 3 is 1.58 bits per heavy atom. The first-order chi connectivity index (χ1) is 31.4. The third-order valence-electron chi connectivity index (χ3n) is 15.9. The largest absolute Gasteiger partial charge is 0.310 e. The first-order valence-electron chi connectivity index (χ1n) is 24.0. The predicted octanol–water partition coefficient (Wildman–Crippen LogP) is 17.2. The molecule has 0 radical (unpaired) electrons. The molecule has 1 heterocycles. The lowest BCUT2D eigenvalue weighted by Gasteiger charge is -2.63. The summed E-state index contributed by atoms with van der Waals surface area (Å²) in [6.07, 6.45) is 15.9. The zero-order valence-corrected chi connectivity index (χ0v) is 38.3. The third-order valence-corrected chi connectivity index (χ3v) is 17.1. The van der Waals surface area contributed by atoms with Crippen LogP contribution in [0.4, 0.5) is 34.1 Å². The van der Waals surface area contributed by atoms with E-state index >= 15 is 0 Å². The molecule has 8 aromatic rings. The summed E-state index contributed by atoms with van der Waals surface area (Å²) in [5, 5.41) is 2.61. The van der Waals surface area contributed by atoms with Crippen molar-refractivity contribution in [3.05, 3.63) is 197 Å². The van der Waals surface area contributed by atoms with Crippen molar-refractivity contribution in [3.63, 3.8) is 0 Å². The molecule has 2 unspecified atom stereocenters. The zero-order valence-electron chi connectivity index (χ0n) is 37.5. The van der Waals surface area contributed by atoms with E-state index in [4.69, 9.17) is 0 Å². The Hall–Kier alpha value is -5.90. The van der Waals surface area contributed by atoms with Gasteiger partial charge in [0.2, 0.25) is 0 Å². The van der Waals surface area contributed by atoms with Crippen LogP contribution in [0.15, 0.2) is 158 Å². The van der Waals surface area contributed by atoms with Gasteiger partial charge in [-0.2, -0.15) is 0 Å². The van der Waals surface area contributed by atoms with Gasteiger partial charge >= 0.3 is 0 Å². The number of benzene rings is 7. The van der Waals surface area contributed by atoms with E-state index < -0.39 is 0 Å². The fourth-order valence-electron chi connectivity index (χ4n) is 13.0. The molecule has 0 N–H and O–H groups in total. The molecular formula is C61H58N2S. The van der Waals surface area contributed by atoms with Crippen LogP contribution in [-0.4, -0.2) is 0 Å². The maximum absolute atomic E-state index is 4.03. The normalized spacial score (nSPS) is 21.8. The number of fused-ring (bicyclic) bond motifs is 4. The van der Waals surface area contributed by atoms with Crippen molar-refractivity contribution in [2.45, 2.75) is 95.3 Å². The number of hydrogen-bond donors (Lipinski definition) is 0. The summed E-state index contributed by atoms with van der Waals surface area (Å²) in [5.74, 6) is 1.62. The number of anilines is 6. The minimum Gasteiger partial charge on any atom is -0.310 e. The molecule has 7 aromatic carbocycles. The van der Waals surface area contributed by atoms with Crippen LogP contribution in [-0.2, 0) is 30.1 Å². The van der Waals surface area contributed by atoms with Gasteiger partial charge in [-0.15, -0.1) is 11.3 Å². The molecule has 318 valence electrons. The van der Waals surface area contributed by atoms with E-state index in [2.05, 4.69) is 182 Å². The summed E-state index contributed by atoms with van der Waals surface area (Å²) < 4.78 is 2.64. The fourth-order valence-corrected chi connectivity index (χ4v) is 14.1. The van der Waals surface area contributed by atoms with Crippen LogP contribution in [0, 0.1) is 18.8 Å². The summed E-state index contributed by atoms with van der Waals surface area (Å²) in [6.45, 7) is 8.48. The molecule has 4 bridgehead atoms. The Kier molecular flexibility index (Phi) is 9.71. The monoisotopic (exact) mass is 850 g/mol. The van der Waals surface area contributed by atoms with Gasteiger partial charge in [-0.1, -0.05) is 98.3 Å². The molecule has 2 nitrogen and oxygen atoms in total. The molecule has 1 aromatic heterocycles. The van der Waals surface area contributed by atoms with Gasteiger partial charge in [0.05, 0.1) is 0 Å². The summed E-state index contributed by atoms with van der Waals surface area (Å²) in [4.78, 5) is 4.95. The van der Waals surface area contributed by atoms with Gasteiger partial charge in [0, 0.05) is 54.3 Å². The molecule has 13 rings (SSSR count). The molecule has 2 atom stereocenters. The number of rotatable bonds is 12. The van der Waals surface area contributed by atoms with Crippen LogP contribution < -0.4 is 9.80 Å². The van der Waals surface area contributed by atoms with Gasteiger partial charge in [-0.3, -0.25) is 0 Å². The second kappa shape index (κ2) is 15.7. The van der Waals surface area contributed by atoms with E-state index in [9.17, 15) is 0 Å². The second-order valence-electron chi connectivity index (χ2n) is 20.1. The van der Waals surface area contributed by atoms with Crippen molar-refractivity contribution >= 4 is 71.7 Å². The lowest BCUT2D eigenvalue weighted by atomic mass is 9.42. The molecule has 0 spiro atoms. The molecule has 5 aliphatic rings. The Bertz CT molecular complexity index is 3010. The number of aryl methyl sites for hydroxylation is 4. The van der Waals surface area contributed by atoms with Gasteiger partial charge < -0.3 is 9.80 Å². The first-order valence-corrected chi connectivity index (χ1v) is 24.9. The number of nitrogens with zero attached hydrogens (tertiary/aromatic N) is 2. The van der Waals surface area contributed by atoms with Crippen LogP contribution in [0.1, 0.15) is 97.2 Å². The minimum atomic E-state index is 0.241. The van der Waals surface area contributed by atoms with Crippen molar-refractivity contribution in [1.29, 1.82) is 0 Å². The zero-order chi connectivity index (χ0) is 43.0. The average molecular weight is 851 g/mol. The number of thiophene rings is 1. The maximum atomic E-state index is 4.03. The topological polar surface area (TPSA) is 6.48 Å². The van der Waals surface area contributed by atoms with Crippen molar-refractivity contribution in [2.75, 3.05) is 9.80 Å². The molecule has 0 aliphatic heterocycles. The van der Waals surface area contributed by atoms with Crippen LogP contribution in [0.5, 0.6) is 0 Å². The van der Waals surface area contributed by atoms with Crippen molar-refractivity contribution < 1.29 is 0 Å². The predicted molar refractivity (Wildman–Crippen MR) is 274 cm³/mol. The van der Waals surface area contributed by atoms with Crippen LogP contribution >= 0.6 is 11.3 Å². The molecule has 4 fully saturated rings. The molecule has 4 saturated carbocycles. The van der Waals surface area contributed by atoms with E-state index in [-0.39, 0.29) is 10.8 Å². The highest BCUT2D eigenvalue weighted by Gasteiger charge is 2.58. The second-order valence-corrected chi connectivity index (χ2v) is 21.2. The molecule has 3 heteroatoms. The fraction of sp³-hybridized carbons (Fsp3) is 0.279. The molecule has 64 heavy (non-hydrogen) atoms. The molecule has 0 amide bonds. The molecule has 5 aliphatic carbocycles. The molecule has 0 saturated heterocycles. The van der Waals surface area contributed by atoms with Crippen molar-refractivity contribution in [2.24, 2.45) is 11.8 Å². The minimum absolute atomic E-state index is 0.241. The van der Waals surface area contributed by atoms with Gasteiger partial charge in [-0.25, -0.2) is 0 Å². The lowest BCUT2D eigenvalue weighted by molar-refractivity contribution is -0.0281. The van der Waals surface area contributed by atoms with Gasteiger partial charge in [0.1, 0.15) is 0 Å². The summed E-state index contributed by atoms with van der Waals surface area (Å²) >= 11 is 1.90. The molecular weight excluding hydrogens is 793 g/mol. The summed E-state index contributed by atoms with van der Waals surface area (Å²) in [5.41, 5.74) is 17.7. The van der Waals surface area contributed by atoms with Gasteiger partial charge in [0.25, 0.3) is 0 Å². The highest BCUT2D eigenvalue weighted by Crippen LogP contribution is 2.66. The highest BCUT2D eigenvalue weighted by atomic mass is 32.1. The lowest BCUT2D eigenvalue weighted by Crippen LogP contribution is -2.55. The summed E-state index contributed by atoms with van der Waals surface area (Å²) in [6, 6.07) is 59.0. The maximum Gasteiger partial charge on any atom is 0.0468 e. The standard InChI is InChI=1S/C61H58N2S/c1-4-6-7-43-12-23-51(24-13-43)62(52-26-19-49(20-27-52)61-38-44-32-45(39-61)37-60(36-44,40-61)48-17-10-42(5-2)11-18-48)54-28-30-58-56(34-54)57-35-55(29-31-59(57)64-58)63(50-21-8-41(3)9-22-50)53-25-16-46-14-15-47(46)33-53/h5,8-13,16-31,33-35,44-45H,2,4,6-7,14-15,32,36-40H2,1,3H3. The highest BCUT2D eigenvalue weighted by molar-refractivity contribution is 7.25. The van der Waals surface area contributed by atoms with E-state index in [0.717, 1.165) is 24.7 Å². The van der Waals surface area contributed by atoms with Crippen LogP contribution in [0.2, 0.25) is 0 Å². The van der Waals surface area contributed by atoms with Crippen LogP contribution in [0.25, 0.3) is 26.2 Å². The Labute approximate surface area is 383 Å². The van der Waals surface area contributed by atoms with E-state index in [1.165, 1.54) is 140 Å². The Morgan fingerprint density at radius 2 is 1.05 bits per heavy atom. The number of unbranched alkanes of at least 4 members (excludes halogenated alkanes) is 1. The van der Waals surface area contributed by atoms with Crippen LogP contribution in [0.3, 0.4) is 0 Å². The van der Waals surface area contributed by atoms with Gasteiger partial charge in [0.15, 0.2) is 0 Å². The summed E-state index contributed by atoms with van der Waals surface area (Å²) in [7, 11) is 0. The average Bonchev–Trinajstić information content (AvgIpc) is 3.67.